The van der Waals surface area contributed by atoms with Gasteiger partial charge in [-0.15, -0.1) is 0 Å². The summed E-state index contributed by atoms with van der Waals surface area (Å²) in [4.78, 5) is 2.47. The molecule has 0 saturated carbocycles. The molecule has 0 aliphatic carbocycles. The first kappa shape index (κ1) is 14.5. The highest BCUT2D eigenvalue weighted by Crippen LogP contribution is 2.35. The summed E-state index contributed by atoms with van der Waals surface area (Å²) >= 11 is 0. The molecule has 2 rings (SSSR count). The van der Waals surface area contributed by atoms with Crippen molar-refractivity contribution < 1.29 is 0 Å². The van der Waals surface area contributed by atoms with Crippen molar-refractivity contribution in [1.29, 1.82) is 0 Å². The highest BCUT2D eigenvalue weighted by atomic mass is 15.3. The van der Waals surface area contributed by atoms with E-state index in [9.17, 15) is 0 Å². The van der Waals surface area contributed by atoms with Crippen LogP contribution in [0.1, 0.15) is 51.8 Å². The standard InChI is InChI=1S/C15H28N4/c1-11(2)16-8-13-6-7-18(5)15(13)14-9-17-19(10-14)12(3)4/h9-13,15-16H,6-8H2,1-5H3. The summed E-state index contributed by atoms with van der Waals surface area (Å²) in [5.41, 5.74) is 1.37. The van der Waals surface area contributed by atoms with E-state index in [0.717, 1.165) is 6.54 Å². The maximum Gasteiger partial charge on any atom is 0.0537 e. The Hall–Kier alpha value is -0.870. The quantitative estimate of drug-likeness (QED) is 0.887. The number of aromatic nitrogens is 2. The highest BCUT2D eigenvalue weighted by molar-refractivity contribution is 5.14. The van der Waals surface area contributed by atoms with Crippen LogP contribution < -0.4 is 5.32 Å². The molecule has 1 aliphatic rings. The Morgan fingerprint density at radius 3 is 2.68 bits per heavy atom. The van der Waals surface area contributed by atoms with Gasteiger partial charge in [0.1, 0.15) is 0 Å². The lowest BCUT2D eigenvalue weighted by Crippen LogP contribution is -2.32. The third-order valence-electron chi connectivity index (χ3n) is 4.05. The largest absolute Gasteiger partial charge is 0.314 e. The molecular formula is C15H28N4. The number of likely N-dealkylation sites (tertiary alicyclic amines) is 1. The molecule has 2 heterocycles. The van der Waals surface area contributed by atoms with Crippen LogP contribution in [0, 0.1) is 5.92 Å². The SMILES string of the molecule is CC(C)NCC1CCN(C)C1c1cnn(C(C)C)c1. The fourth-order valence-electron chi connectivity index (χ4n) is 2.94. The van der Waals surface area contributed by atoms with Crippen molar-refractivity contribution in [2.24, 2.45) is 5.92 Å². The van der Waals surface area contributed by atoms with Gasteiger partial charge in [-0.25, -0.2) is 0 Å². The maximum atomic E-state index is 4.49. The topological polar surface area (TPSA) is 33.1 Å². The van der Waals surface area contributed by atoms with E-state index in [1.54, 1.807) is 0 Å². The number of nitrogens with zero attached hydrogens (tertiary/aromatic N) is 3. The van der Waals surface area contributed by atoms with Crippen LogP contribution in [0.3, 0.4) is 0 Å². The molecular weight excluding hydrogens is 236 g/mol. The Bertz CT molecular complexity index is 397. The molecule has 1 saturated heterocycles. The molecule has 2 unspecified atom stereocenters. The molecule has 0 aromatic carbocycles. The van der Waals surface area contributed by atoms with Crippen molar-refractivity contribution in [1.82, 2.24) is 20.0 Å². The minimum atomic E-state index is 0.438. The van der Waals surface area contributed by atoms with E-state index < -0.39 is 0 Å². The molecule has 4 heteroatoms. The molecule has 108 valence electrons. The monoisotopic (exact) mass is 264 g/mol. The van der Waals surface area contributed by atoms with E-state index in [1.807, 2.05) is 0 Å². The van der Waals surface area contributed by atoms with Crippen LogP contribution >= 0.6 is 0 Å². The minimum absolute atomic E-state index is 0.438. The van der Waals surface area contributed by atoms with Crippen LogP contribution in [0.15, 0.2) is 12.4 Å². The van der Waals surface area contributed by atoms with E-state index in [-0.39, 0.29) is 0 Å². The molecule has 0 radical (unpaired) electrons. The summed E-state index contributed by atoms with van der Waals surface area (Å²) < 4.78 is 2.06. The van der Waals surface area contributed by atoms with Crippen molar-refractivity contribution in [3.63, 3.8) is 0 Å². The summed E-state index contributed by atoms with van der Waals surface area (Å²) in [7, 11) is 2.23. The van der Waals surface area contributed by atoms with Crippen LogP contribution in [0.5, 0.6) is 0 Å². The number of hydrogen-bond acceptors (Lipinski definition) is 3. The third-order valence-corrected chi connectivity index (χ3v) is 4.05. The van der Waals surface area contributed by atoms with Gasteiger partial charge < -0.3 is 5.32 Å². The zero-order chi connectivity index (χ0) is 14.0. The molecule has 1 aromatic heterocycles. The summed E-state index contributed by atoms with van der Waals surface area (Å²) in [5.74, 6) is 0.692. The first-order chi connectivity index (χ1) is 8.99. The van der Waals surface area contributed by atoms with Crippen molar-refractivity contribution >= 4 is 0 Å². The lowest BCUT2D eigenvalue weighted by molar-refractivity contribution is 0.269. The Morgan fingerprint density at radius 1 is 1.37 bits per heavy atom. The predicted octanol–water partition coefficient (Wildman–Crippen LogP) is 2.45. The molecule has 4 nitrogen and oxygen atoms in total. The first-order valence-electron chi connectivity index (χ1n) is 7.46. The van der Waals surface area contributed by atoms with Crippen LogP contribution in [0.25, 0.3) is 0 Å². The summed E-state index contributed by atoms with van der Waals surface area (Å²) in [6, 6.07) is 1.51. The second-order valence-corrected chi connectivity index (χ2v) is 6.38. The molecule has 1 N–H and O–H groups in total. The van der Waals surface area contributed by atoms with Crippen molar-refractivity contribution in [2.75, 3.05) is 20.1 Å². The lowest BCUT2D eigenvalue weighted by atomic mass is 9.95. The van der Waals surface area contributed by atoms with E-state index in [0.29, 0.717) is 24.0 Å². The average Bonchev–Trinajstić information content (AvgIpc) is 2.92. The zero-order valence-corrected chi connectivity index (χ0v) is 12.9. The molecule has 1 aliphatic heterocycles. The smallest absolute Gasteiger partial charge is 0.0537 e. The average molecular weight is 264 g/mol. The first-order valence-corrected chi connectivity index (χ1v) is 7.46. The van der Waals surface area contributed by atoms with Gasteiger partial charge >= 0.3 is 0 Å². The Morgan fingerprint density at radius 2 is 2.11 bits per heavy atom. The second-order valence-electron chi connectivity index (χ2n) is 6.38. The second kappa shape index (κ2) is 6.06. The van der Waals surface area contributed by atoms with Crippen LogP contribution in [0.2, 0.25) is 0 Å². The number of nitrogens with one attached hydrogen (secondary N) is 1. The van der Waals surface area contributed by atoms with Crippen LogP contribution in [0.4, 0.5) is 0 Å². The summed E-state index contributed by atoms with van der Waals surface area (Å²) in [6.07, 6.45) is 5.54. The van der Waals surface area contributed by atoms with Gasteiger partial charge in [-0.3, -0.25) is 9.58 Å². The van der Waals surface area contributed by atoms with E-state index >= 15 is 0 Å². The van der Waals surface area contributed by atoms with Crippen molar-refractivity contribution in [3.8, 4) is 0 Å². The Balaban J connectivity index is 2.09. The lowest BCUT2D eigenvalue weighted by Gasteiger charge is -2.25. The number of rotatable bonds is 5. The van der Waals surface area contributed by atoms with Gasteiger partial charge in [0.25, 0.3) is 0 Å². The Kier molecular flexibility index (Phi) is 4.63. The summed E-state index contributed by atoms with van der Waals surface area (Å²) in [5, 5.41) is 8.08. The van der Waals surface area contributed by atoms with Crippen LogP contribution in [-0.4, -0.2) is 40.9 Å². The fourth-order valence-corrected chi connectivity index (χ4v) is 2.94. The van der Waals surface area contributed by atoms with Gasteiger partial charge in [0, 0.05) is 36.4 Å². The van der Waals surface area contributed by atoms with Crippen molar-refractivity contribution in [2.45, 2.75) is 52.2 Å². The minimum Gasteiger partial charge on any atom is -0.314 e. The molecule has 2 atom stereocenters. The highest BCUT2D eigenvalue weighted by Gasteiger charge is 2.33. The number of hydrogen-bond donors (Lipinski definition) is 1. The molecule has 19 heavy (non-hydrogen) atoms. The van der Waals surface area contributed by atoms with Crippen LogP contribution in [-0.2, 0) is 0 Å². The van der Waals surface area contributed by atoms with Gasteiger partial charge in [-0.2, -0.15) is 5.10 Å². The normalized spacial score (nSPS) is 24.8. The van der Waals surface area contributed by atoms with E-state index in [1.165, 1.54) is 18.5 Å². The van der Waals surface area contributed by atoms with Crippen molar-refractivity contribution in [3.05, 3.63) is 18.0 Å². The zero-order valence-electron chi connectivity index (χ0n) is 12.9. The van der Waals surface area contributed by atoms with E-state index in [2.05, 4.69) is 67.1 Å². The fraction of sp³-hybridized carbons (Fsp3) is 0.800. The maximum absolute atomic E-state index is 4.49. The summed E-state index contributed by atoms with van der Waals surface area (Å²) in [6.45, 7) is 11.1. The molecule has 1 aromatic rings. The molecule has 1 fully saturated rings. The molecule has 0 bridgehead atoms. The van der Waals surface area contributed by atoms with Gasteiger partial charge in [0.05, 0.1) is 6.20 Å². The van der Waals surface area contributed by atoms with Gasteiger partial charge in [0.15, 0.2) is 0 Å². The third kappa shape index (κ3) is 3.37. The molecule has 0 spiro atoms. The van der Waals surface area contributed by atoms with Gasteiger partial charge in [0.2, 0.25) is 0 Å². The van der Waals surface area contributed by atoms with Gasteiger partial charge in [-0.05, 0) is 39.8 Å². The predicted molar refractivity (Wildman–Crippen MR) is 79.2 cm³/mol. The van der Waals surface area contributed by atoms with Gasteiger partial charge in [-0.1, -0.05) is 13.8 Å². The Labute approximate surface area is 117 Å². The van der Waals surface area contributed by atoms with E-state index in [4.69, 9.17) is 0 Å². The molecule has 0 amide bonds.